The highest BCUT2D eigenvalue weighted by Gasteiger charge is 2.13. The van der Waals surface area contributed by atoms with Crippen LogP contribution in [0.25, 0.3) is 0 Å². The first-order chi connectivity index (χ1) is 12.0. The molecule has 2 aromatic rings. The Morgan fingerprint density at radius 2 is 1.96 bits per heavy atom. The number of furan rings is 1. The van der Waals surface area contributed by atoms with E-state index in [0.717, 1.165) is 12.8 Å². The highest BCUT2D eigenvalue weighted by molar-refractivity contribution is 7.89. The van der Waals surface area contributed by atoms with Crippen molar-refractivity contribution < 1.29 is 22.4 Å². The average molecular weight is 366 g/mol. The number of hydrogen-bond acceptors (Lipinski definition) is 5. The Balaban J connectivity index is 1.80. The van der Waals surface area contributed by atoms with Crippen LogP contribution in [0.2, 0.25) is 0 Å². The van der Waals surface area contributed by atoms with Crippen molar-refractivity contribution in [2.45, 2.75) is 31.2 Å². The molecule has 1 aromatic carbocycles. The minimum Gasteiger partial charge on any atom is -0.484 e. The molecule has 0 bridgehead atoms. The van der Waals surface area contributed by atoms with Gasteiger partial charge in [-0.15, -0.1) is 0 Å². The molecule has 136 valence electrons. The van der Waals surface area contributed by atoms with Crippen molar-refractivity contribution in [3.63, 3.8) is 0 Å². The molecule has 0 aliphatic rings. The van der Waals surface area contributed by atoms with Crippen LogP contribution in [0.15, 0.2) is 52.0 Å². The molecule has 0 spiro atoms. The molecule has 25 heavy (non-hydrogen) atoms. The SMILES string of the molecule is CCCCNS(=O)(=O)c1ccc(OCC(=O)NCc2ccco2)cc1. The van der Waals surface area contributed by atoms with Crippen LogP contribution in [0.1, 0.15) is 25.5 Å². The summed E-state index contributed by atoms with van der Waals surface area (Å²) in [5, 5.41) is 2.66. The molecule has 1 amide bonds. The molecule has 0 saturated heterocycles. The van der Waals surface area contributed by atoms with E-state index in [1.54, 1.807) is 12.1 Å². The zero-order chi connectivity index (χ0) is 18.1. The van der Waals surface area contributed by atoms with Gasteiger partial charge >= 0.3 is 0 Å². The Kier molecular flexibility index (Phi) is 7.03. The molecule has 0 aliphatic carbocycles. The summed E-state index contributed by atoms with van der Waals surface area (Å²) in [7, 11) is -3.51. The third-order valence-corrected chi connectivity index (χ3v) is 4.84. The number of unbranched alkanes of at least 4 members (excludes halogenated alkanes) is 1. The van der Waals surface area contributed by atoms with E-state index in [-0.39, 0.29) is 24.0 Å². The minimum absolute atomic E-state index is 0.165. The number of carbonyl (C=O) groups excluding carboxylic acids is 1. The van der Waals surface area contributed by atoms with Crippen LogP contribution < -0.4 is 14.8 Å². The van der Waals surface area contributed by atoms with Crippen molar-refractivity contribution in [1.29, 1.82) is 0 Å². The second-order valence-corrected chi connectivity index (χ2v) is 7.13. The lowest BCUT2D eigenvalue weighted by Gasteiger charge is -2.09. The second kappa shape index (κ2) is 9.24. The fourth-order valence-electron chi connectivity index (χ4n) is 1.98. The first-order valence-electron chi connectivity index (χ1n) is 8.03. The number of benzene rings is 1. The lowest BCUT2D eigenvalue weighted by Crippen LogP contribution is -2.28. The van der Waals surface area contributed by atoms with Crippen LogP contribution in [0.3, 0.4) is 0 Å². The molecule has 2 N–H and O–H groups in total. The Bertz CT molecular complexity index is 755. The number of hydrogen-bond donors (Lipinski definition) is 2. The number of amides is 1. The summed E-state index contributed by atoms with van der Waals surface area (Å²) in [6.45, 7) is 2.52. The van der Waals surface area contributed by atoms with Crippen LogP contribution in [0.4, 0.5) is 0 Å². The summed E-state index contributed by atoms with van der Waals surface area (Å²) in [5.41, 5.74) is 0. The maximum Gasteiger partial charge on any atom is 0.258 e. The van der Waals surface area contributed by atoms with Gasteiger partial charge in [-0.3, -0.25) is 4.79 Å². The number of nitrogens with one attached hydrogen (secondary N) is 2. The predicted octanol–water partition coefficient (Wildman–Crippen LogP) is 2.05. The third kappa shape index (κ3) is 6.24. The average Bonchev–Trinajstić information content (AvgIpc) is 3.12. The highest BCUT2D eigenvalue weighted by atomic mass is 32.2. The van der Waals surface area contributed by atoms with E-state index in [4.69, 9.17) is 9.15 Å². The third-order valence-electron chi connectivity index (χ3n) is 3.37. The van der Waals surface area contributed by atoms with Gasteiger partial charge in [0, 0.05) is 6.54 Å². The Labute approximate surface area is 147 Å². The molecule has 7 nitrogen and oxygen atoms in total. The summed E-state index contributed by atoms with van der Waals surface area (Å²) in [4.78, 5) is 11.9. The zero-order valence-electron chi connectivity index (χ0n) is 14.0. The van der Waals surface area contributed by atoms with Gasteiger partial charge in [0.05, 0.1) is 17.7 Å². The van der Waals surface area contributed by atoms with Crippen molar-refractivity contribution in [1.82, 2.24) is 10.0 Å². The summed E-state index contributed by atoms with van der Waals surface area (Å²) >= 11 is 0. The summed E-state index contributed by atoms with van der Waals surface area (Å²) in [5.74, 6) is 0.772. The smallest absolute Gasteiger partial charge is 0.258 e. The van der Waals surface area contributed by atoms with Gasteiger partial charge in [-0.2, -0.15) is 0 Å². The minimum atomic E-state index is -3.51. The molecular weight excluding hydrogens is 344 g/mol. The van der Waals surface area contributed by atoms with Crippen LogP contribution in [0, 0.1) is 0 Å². The fourth-order valence-corrected chi connectivity index (χ4v) is 3.05. The van der Waals surface area contributed by atoms with Crippen molar-refractivity contribution >= 4 is 15.9 Å². The molecule has 0 radical (unpaired) electrons. The van der Waals surface area contributed by atoms with E-state index >= 15 is 0 Å². The number of sulfonamides is 1. The Hall–Kier alpha value is -2.32. The van der Waals surface area contributed by atoms with Crippen molar-refractivity contribution in [2.75, 3.05) is 13.2 Å². The molecule has 1 aromatic heterocycles. The van der Waals surface area contributed by atoms with Crippen LogP contribution in [-0.2, 0) is 21.4 Å². The fraction of sp³-hybridized carbons (Fsp3) is 0.353. The normalized spacial score (nSPS) is 11.2. The van der Waals surface area contributed by atoms with Gasteiger partial charge in [0.2, 0.25) is 10.0 Å². The van der Waals surface area contributed by atoms with Gasteiger partial charge in [-0.05, 0) is 42.8 Å². The summed E-state index contributed by atoms with van der Waals surface area (Å²) in [6, 6.07) is 9.44. The van der Waals surface area contributed by atoms with Crippen molar-refractivity contribution in [3.8, 4) is 5.75 Å². The van der Waals surface area contributed by atoms with Gasteiger partial charge in [0.1, 0.15) is 11.5 Å². The Morgan fingerprint density at radius 3 is 2.60 bits per heavy atom. The molecule has 8 heteroatoms. The van der Waals surface area contributed by atoms with E-state index in [9.17, 15) is 13.2 Å². The Morgan fingerprint density at radius 1 is 1.20 bits per heavy atom. The first kappa shape index (κ1) is 19.0. The predicted molar refractivity (Wildman–Crippen MR) is 92.6 cm³/mol. The van der Waals surface area contributed by atoms with Crippen molar-refractivity contribution in [3.05, 3.63) is 48.4 Å². The molecule has 0 unspecified atom stereocenters. The number of carbonyl (C=O) groups is 1. The number of rotatable bonds is 10. The lowest BCUT2D eigenvalue weighted by atomic mass is 10.3. The molecule has 2 rings (SSSR count). The maximum atomic E-state index is 12.1. The molecule has 0 aliphatic heterocycles. The van der Waals surface area contributed by atoms with E-state index in [1.165, 1.54) is 30.5 Å². The van der Waals surface area contributed by atoms with Crippen LogP contribution in [-0.4, -0.2) is 27.5 Å². The van der Waals surface area contributed by atoms with E-state index in [1.807, 2.05) is 6.92 Å². The molecular formula is C17H22N2O5S. The van der Waals surface area contributed by atoms with E-state index < -0.39 is 10.0 Å². The first-order valence-corrected chi connectivity index (χ1v) is 9.51. The van der Waals surface area contributed by atoms with E-state index in [0.29, 0.717) is 18.1 Å². The highest BCUT2D eigenvalue weighted by Crippen LogP contribution is 2.15. The zero-order valence-corrected chi connectivity index (χ0v) is 14.8. The number of ether oxygens (including phenoxy) is 1. The quantitative estimate of drug-likeness (QED) is 0.627. The van der Waals surface area contributed by atoms with Gasteiger partial charge in [-0.25, -0.2) is 13.1 Å². The molecule has 1 heterocycles. The van der Waals surface area contributed by atoms with Crippen molar-refractivity contribution in [2.24, 2.45) is 0 Å². The van der Waals surface area contributed by atoms with Crippen LogP contribution in [0.5, 0.6) is 5.75 Å². The second-order valence-electron chi connectivity index (χ2n) is 5.37. The lowest BCUT2D eigenvalue weighted by molar-refractivity contribution is -0.123. The van der Waals surface area contributed by atoms with Gasteiger partial charge in [-0.1, -0.05) is 13.3 Å². The maximum absolute atomic E-state index is 12.1. The largest absolute Gasteiger partial charge is 0.484 e. The van der Waals surface area contributed by atoms with Gasteiger partial charge < -0.3 is 14.5 Å². The van der Waals surface area contributed by atoms with Gasteiger partial charge in [0.15, 0.2) is 6.61 Å². The van der Waals surface area contributed by atoms with Gasteiger partial charge in [0.25, 0.3) is 5.91 Å². The standard InChI is InChI=1S/C17H22N2O5S/c1-2-3-10-19-25(21,22)16-8-6-14(7-9-16)24-13-17(20)18-12-15-5-4-11-23-15/h4-9,11,19H,2-3,10,12-13H2,1H3,(H,18,20). The summed E-state index contributed by atoms with van der Waals surface area (Å²) in [6.07, 6.45) is 3.23. The van der Waals surface area contributed by atoms with Crippen LogP contribution >= 0.6 is 0 Å². The summed E-state index contributed by atoms with van der Waals surface area (Å²) < 4.78 is 37.1. The molecule has 0 fully saturated rings. The molecule has 0 saturated carbocycles. The topological polar surface area (TPSA) is 97.6 Å². The molecule has 0 atom stereocenters. The monoisotopic (exact) mass is 366 g/mol. The van der Waals surface area contributed by atoms with E-state index in [2.05, 4.69) is 10.0 Å².